The third-order valence-corrected chi connectivity index (χ3v) is 5.85. The molecule has 0 aliphatic carbocycles. The first-order chi connectivity index (χ1) is 15.6. The van der Waals surface area contributed by atoms with Crippen LogP contribution in [-0.4, -0.2) is 50.1 Å². The third kappa shape index (κ3) is 3.64. The highest BCUT2D eigenvalue weighted by atomic mass is 16.2. The summed E-state index contributed by atoms with van der Waals surface area (Å²) in [4.78, 5) is 29.8. The molecule has 1 aliphatic rings. The maximum Gasteiger partial charge on any atom is 0.324 e. The van der Waals surface area contributed by atoms with Crippen LogP contribution < -0.4 is 10.2 Å². The molecule has 2 aromatic heterocycles. The highest BCUT2D eigenvalue weighted by molar-refractivity contribution is 5.96. The lowest BCUT2D eigenvalue weighted by Gasteiger charge is -2.17. The number of carbonyl (C=O) groups is 1. The molecule has 162 valence electrons. The predicted octanol–water partition coefficient (Wildman–Crippen LogP) is 4.25. The van der Waals surface area contributed by atoms with Crippen molar-refractivity contribution in [1.29, 1.82) is 0 Å². The van der Waals surface area contributed by atoms with E-state index < -0.39 is 0 Å². The molecule has 5 rings (SSSR count). The Morgan fingerprint density at radius 2 is 1.91 bits per heavy atom. The van der Waals surface area contributed by atoms with Crippen LogP contribution >= 0.6 is 0 Å². The first-order valence-corrected chi connectivity index (χ1v) is 10.8. The lowest BCUT2D eigenvalue weighted by atomic mass is 10.1. The summed E-state index contributed by atoms with van der Waals surface area (Å²) in [5.41, 5.74) is 3.77. The number of fused-ring (bicyclic) bond motifs is 1. The summed E-state index contributed by atoms with van der Waals surface area (Å²) in [7, 11) is 0. The minimum Gasteiger partial charge on any atom is -0.348 e. The number of carbonyl (C=O) groups excluding carboxylic acids is 1. The number of hydrogen-bond acceptors (Lipinski definition) is 5. The number of nitrogens with one attached hydrogen (secondary N) is 1. The molecule has 1 atom stereocenters. The molecule has 32 heavy (non-hydrogen) atoms. The smallest absolute Gasteiger partial charge is 0.324 e. The van der Waals surface area contributed by atoms with E-state index in [2.05, 4.69) is 34.3 Å². The molecule has 0 radical (unpaired) electrons. The largest absolute Gasteiger partial charge is 0.348 e. The van der Waals surface area contributed by atoms with Gasteiger partial charge < -0.3 is 10.2 Å². The molecule has 8 heteroatoms. The molecule has 0 spiro atoms. The summed E-state index contributed by atoms with van der Waals surface area (Å²) in [6, 6.07) is 18.1. The van der Waals surface area contributed by atoms with Gasteiger partial charge in [0.2, 0.25) is 5.95 Å². The van der Waals surface area contributed by atoms with Crippen molar-refractivity contribution in [3.63, 3.8) is 0 Å². The van der Waals surface area contributed by atoms with Crippen molar-refractivity contribution in [3.05, 3.63) is 72.7 Å². The fourth-order valence-electron chi connectivity index (χ4n) is 4.04. The minimum atomic E-state index is 0.0466. The number of likely N-dealkylation sites (N-methyl/N-ethyl adjacent to an activating group) is 1. The summed E-state index contributed by atoms with van der Waals surface area (Å²) in [5, 5.41) is 3.36. The number of aromatic nitrogens is 4. The Morgan fingerprint density at radius 1 is 1.06 bits per heavy atom. The van der Waals surface area contributed by atoms with E-state index in [1.807, 2.05) is 58.9 Å². The number of nitrogens with zero attached hydrogens (tertiary/aromatic N) is 6. The van der Waals surface area contributed by atoms with Gasteiger partial charge in [-0.1, -0.05) is 30.3 Å². The van der Waals surface area contributed by atoms with Crippen LogP contribution in [0.4, 0.5) is 16.4 Å². The van der Waals surface area contributed by atoms with Crippen molar-refractivity contribution in [2.45, 2.75) is 19.9 Å². The van der Waals surface area contributed by atoms with Crippen LogP contribution in [0.2, 0.25) is 0 Å². The SMILES string of the molecule is CCN1CCN(c2ccc3c(c2)ncn3-c2ccnc(NC(C)c3ccccc3)n2)C1=O. The lowest BCUT2D eigenvalue weighted by molar-refractivity contribution is 0.223. The molecule has 0 bridgehead atoms. The standard InChI is InChI=1S/C24H25N7O/c1-3-29-13-14-30(24(29)32)19-9-10-21-20(15-19)26-16-31(21)22-11-12-25-23(28-22)27-17(2)18-7-5-4-6-8-18/h4-12,15-17H,3,13-14H2,1-2H3,(H,25,27,28). The molecule has 8 nitrogen and oxygen atoms in total. The molecule has 0 saturated carbocycles. The first-order valence-electron chi connectivity index (χ1n) is 10.8. The van der Waals surface area contributed by atoms with E-state index in [0.717, 1.165) is 35.6 Å². The summed E-state index contributed by atoms with van der Waals surface area (Å²) in [6.07, 6.45) is 3.50. The molecule has 1 unspecified atom stereocenters. The summed E-state index contributed by atoms with van der Waals surface area (Å²) in [5.74, 6) is 1.28. The molecule has 2 amide bonds. The number of rotatable bonds is 6. The Kier molecular flexibility index (Phi) is 5.18. The lowest BCUT2D eigenvalue weighted by Crippen LogP contribution is -2.31. The van der Waals surface area contributed by atoms with Gasteiger partial charge in [-0.3, -0.25) is 9.47 Å². The Labute approximate surface area is 186 Å². The van der Waals surface area contributed by atoms with Crippen LogP contribution in [-0.2, 0) is 0 Å². The van der Waals surface area contributed by atoms with Crippen molar-refractivity contribution < 1.29 is 4.79 Å². The predicted molar refractivity (Wildman–Crippen MR) is 125 cm³/mol. The second-order valence-electron chi connectivity index (χ2n) is 7.82. The van der Waals surface area contributed by atoms with Crippen molar-refractivity contribution in [2.24, 2.45) is 0 Å². The van der Waals surface area contributed by atoms with E-state index in [1.54, 1.807) is 17.4 Å². The van der Waals surface area contributed by atoms with E-state index in [-0.39, 0.29) is 12.1 Å². The van der Waals surface area contributed by atoms with Crippen molar-refractivity contribution in [2.75, 3.05) is 29.9 Å². The number of urea groups is 1. The van der Waals surface area contributed by atoms with Crippen molar-refractivity contribution in [1.82, 2.24) is 24.4 Å². The van der Waals surface area contributed by atoms with Gasteiger partial charge in [0, 0.05) is 31.5 Å². The maximum atomic E-state index is 12.5. The molecule has 3 heterocycles. The van der Waals surface area contributed by atoms with E-state index in [1.165, 1.54) is 5.56 Å². The Bertz CT molecular complexity index is 1250. The van der Waals surface area contributed by atoms with Gasteiger partial charge >= 0.3 is 6.03 Å². The topological polar surface area (TPSA) is 79.2 Å². The van der Waals surface area contributed by atoms with Gasteiger partial charge in [0.05, 0.1) is 17.1 Å². The fourth-order valence-corrected chi connectivity index (χ4v) is 4.04. The fraction of sp³-hybridized carbons (Fsp3) is 0.250. The molecule has 1 aliphatic heterocycles. The van der Waals surface area contributed by atoms with Gasteiger partial charge in [0.25, 0.3) is 0 Å². The molecular formula is C24H25N7O. The van der Waals surface area contributed by atoms with Crippen molar-refractivity contribution in [3.8, 4) is 5.82 Å². The number of hydrogen-bond donors (Lipinski definition) is 1. The Hall–Kier alpha value is -3.94. The zero-order valence-corrected chi connectivity index (χ0v) is 18.1. The monoisotopic (exact) mass is 427 g/mol. The average molecular weight is 428 g/mol. The van der Waals surface area contributed by atoms with Crippen LogP contribution in [0.1, 0.15) is 25.5 Å². The number of benzene rings is 2. The highest BCUT2D eigenvalue weighted by Crippen LogP contribution is 2.26. The Morgan fingerprint density at radius 3 is 2.69 bits per heavy atom. The average Bonchev–Trinajstić information content (AvgIpc) is 3.42. The minimum absolute atomic E-state index is 0.0466. The molecular weight excluding hydrogens is 402 g/mol. The molecule has 1 saturated heterocycles. The van der Waals surface area contributed by atoms with E-state index in [9.17, 15) is 4.79 Å². The number of imidazole rings is 1. The molecule has 4 aromatic rings. The van der Waals surface area contributed by atoms with Gasteiger partial charge in [-0.05, 0) is 43.7 Å². The van der Waals surface area contributed by atoms with Crippen LogP contribution in [0.15, 0.2) is 67.1 Å². The van der Waals surface area contributed by atoms with Crippen molar-refractivity contribution >= 4 is 28.7 Å². The molecule has 1 N–H and O–H groups in total. The first kappa shape index (κ1) is 20.0. The summed E-state index contributed by atoms with van der Waals surface area (Å²) >= 11 is 0. The summed E-state index contributed by atoms with van der Waals surface area (Å²) < 4.78 is 1.93. The third-order valence-electron chi connectivity index (χ3n) is 5.85. The zero-order chi connectivity index (χ0) is 22.1. The maximum absolute atomic E-state index is 12.5. The normalized spacial score (nSPS) is 14.9. The summed E-state index contributed by atoms with van der Waals surface area (Å²) in [6.45, 7) is 6.25. The van der Waals surface area contributed by atoms with Gasteiger partial charge in [-0.25, -0.2) is 14.8 Å². The van der Waals surface area contributed by atoms with Gasteiger partial charge in [0.1, 0.15) is 12.1 Å². The van der Waals surface area contributed by atoms with Crippen LogP contribution in [0.5, 0.6) is 0 Å². The molecule has 2 aromatic carbocycles. The Balaban J connectivity index is 1.40. The van der Waals surface area contributed by atoms with Gasteiger partial charge in [0.15, 0.2) is 0 Å². The van der Waals surface area contributed by atoms with E-state index in [4.69, 9.17) is 4.98 Å². The second kappa shape index (κ2) is 8.30. The van der Waals surface area contributed by atoms with Crippen LogP contribution in [0, 0.1) is 0 Å². The van der Waals surface area contributed by atoms with Gasteiger partial charge in [-0.15, -0.1) is 0 Å². The highest BCUT2D eigenvalue weighted by Gasteiger charge is 2.28. The quantitative estimate of drug-likeness (QED) is 0.498. The van der Waals surface area contributed by atoms with E-state index in [0.29, 0.717) is 12.5 Å². The van der Waals surface area contributed by atoms with Crippen LogP contribution in [0.3, 0.4) is 0 Å². The number of amides is 2. The van der Waals surface area contributed by atoms with Gasteiger partial charge in [-0.2, -0.15) is 4.98 Å². The second-order valence-corrected chi connectivity index (χ2v) is 7.82. The van der Waals surface area contributed by atoms with E-state index >= 15 is 0 Å². The zero-order valence-electron chi connectivity index (χ0n) is 18.1. The van der Waals surface area contributed by atoms with Crippen LogP contribution in [0.25, 0.3) is 16.9 Å². The number of anilines is 2. The molecule has 1 fully saturated rings.